The molecule has 0 spiro atoms. The van der Waals surface area contributed by atoms with E-state index in [0.717, 1.165) is 11.4 Å². The summed E-state index contributed by atoms with van der Waals surface area (Å²) in [4.78, 5) is 4.99. The summed E-state index contributed by atoms with van der Waals surface area (Å²) in [5, 5.41) is 0. The quantitative estimate of drug-likeness (QED) is 0.167. The first-order valence-electron chi connectivity index (χ1n) is 18.1. The topological polar surface area (TPSA) is 6.48 Å². The highest BCUT2D eigenvalue weighted by Crippen LogP contribution is 2.52. The summed E-state index contributed by atoms with van der Waals surface area (Å²) in [5.74, 6) is 0. The van der Waals surface area contributed by atoms with E-state index in [2.05, 4.69) is 216 Å². The first-order chi connectivity index (χ1) is 25.8. The molecule has 2 heteroatoms. The molecule has 2 nitrogen and oxygen atoms in total. The second-order valence-corrected chi connectivity index (χ2v) is 13.7. The second-order valence-electron chi connectivity index (χ2n) is 13.7. The first-order valence-corrected chi connectivity index (χ1v) is 18.1. The van der Waals surface area contributed by atoms with Gasteiger partial charge in [0, 0.05) is 22.7 Å². The Morgan fingerprint density at radius 1 is 0.231 bits per heavy atom. The van der Waals surface area contributed by atoms with Crippen LogP contribution in [0.4, 0.5) is 22.7 Å². The van der Waals surface area contributed by atoms with Gasteiger partial charge >= 0.3 is 0 Å². The van der Waals surface area contributed by atoms with E-state index in [9.17, 15) is 0 Å². The molecule has 0 saturated heterocycles. The molecule has 0 aromatic heterocycles. The third-order valence-corrected chi connectivity index (χ3v) is 10.8. The average Bonchev–Trinajstić information content (AvgIpc) is 3.73. The molecule has 2 aliphatic rings. The van der Waals surface area contributed by atoms with Crippen LogP contribution in [-0.2, 0) is 0 Å². The van der Waals surface area contributed by atoms with E-state index in [4.69, 9.17) is 0 Å². The Hall–Kier alpha value is -6.64. The van der Waals surface area contributed by atoms with Gasteiger partial charge < -0.3 is 9.80 Å². The van der Waals surface area contributed by atoms with E-state index in [1.54, 1.807) is 0 Å². The molecule has 0 aliphatic heterocycles. The molecule has 8 aromatic rings. The van der Waals surface area contributed by atoms with Crippen LogP contribution in [0.2, 0.25) is 0 Å². The van der Waals surface area contributed by atoms with Crippen LogP contribution in [0.1, 0.15) is 34.3 Å². The number of hydrogen-bond acceptors (Lipinski definition) is 2. The van der Waals surface area contributed by atoms with Crippen molar-refractivity contribution in [3.8, 4) is 33.4 Å². The van der Waals surface area contributed by atoms with Gasteiger partial charge in [0.2, 0.25) is 0 Å². The van der Waals surface area contributed by atoms with E-state index in [1.807, 2.05) is 0 Å². The Balaban J connectivity index is 1.02. The summed E-state index contributed by atoms with van der Waals surface area (Å²) in [5.41, 5.74) is 17.7. The maximum absolute atomic E-state index is 2.49. The minimum absolute atomic E-state index is 0.0785. The molecule has 0 amide bonds. The van der Waals surface area contributed by atoms with Gasteiger partial charge in [0.25, 0.3) is 0 Å². The number of para-hydroxylation sites is 2. The lowest BCUT2D eigenvalue weighted by atomic mass is 9.99. The Kier molecular flexibility index (Phi) is 7.32. The van der Waals surface area contributed by atoms with Crippen molar-refractivity contribution in [3.05, 3.63) is 229 Å². The van der Waals surface area contributed by atoms with Gasteiger partial charge in [-0.1, -0.05) is 158 Å². The molecule has 52 heavy (non-hydrogen) atoms. The third-order valence-electron chi connectivity index (χ3n) is 10.8. The lowest BCUT2D eigenvalue weighted by Gasteiger charge is -2.33. The SMILES string of the molecule is c1ccc(N(c2ccc(-c3ccc(N(c4ccccc4)C4c5ccccc5-c5ccccc54)cc3)cc2)C2c3ccccc3-c3ccccc32)cc1. The van der Waals surface area contributed by atoms with Gasteiger partial charge in [0.05, 0.1) is 12.1 Å². The van der Waals surface area contributed by atoms with Gasteiger partial charge in [-0.15, -0.1) is 0 Å². The number of anilines is 4. The molecule has 0 unspecified atom stereocenters. The standard InChI is InChI=1S/C50H36N2/c1-3-15-37(16-4-1)51(49-45-23-11-7-19-41(45)42-20-8-12-24-46(42)49)39-31-27-35(28-32-39)36-29-33-40(34-30-36)52(38-17-5-2-6-18-38)50-47-25-13-9-21-43(47)44-22-10-14-26-48(44)50/h1-34,49-50H. The van der Waals surface area contributed by atoms with Gasteiger partial charge in [0.1, 0.15) is 0 Å². The van der Waals surface area contributed by atoms with Crippen LogP contribution in [0.3, 0.4) is 0 Å². The summed E-state index contributed by atoms with van der Waals surface area (Å²) in [6.07, 6.45) is 0. The van der Waals surface area contributed by atoms with Crippen molar-refractivity contribution in [1.82, 2.24) is 0 Å². The third kappa shape index (κ3) is 4.95. The highest BCUT2D eigenvalue weighted by atomic mass is 15.2. The molecule has 0 saturated carbocycles. The van der Waals surface area contributed by atoms with Crippen molar-refractivity contribution in [2.24, 2.45) is 0 Å². The van der Waals surface area contributed by atoms with E-state index >= 15 is 0 Å². The molecular weight excluding hydrogens is 629 g/mol. The highest BCUT2D eigenvalue weighted by Gasteiger charge is 2.35. The molecule has 246 valence electrons. The predicted octanol–water partition coefficient (Wildman–Crippen LogP) is 13.2. The maximum atomic E-state index is 2.49. The van der Waals surface area contributed by atoms with Crippen molar-refractivity contribution in [1.29, 1.82) is 0 Å². The Bertz CT molecular complexity index is 2250. The normalized spacial score (nSPS) is 12.8. The summed E-state index contributed by atoms with van der Waals surface area (Å²) >= 11 is 0. The van der Waals surface area contributed by atoms with E-state index in [1.165, 1.54) is 67.0 Å². The highest BCUT2D eigenvalue weighted by molar-refractivity contribution is 5.85. The molecule has 8 aromatic carbocycles. The zero-order valence-electron chi connectivity index (χ0n) is 28.7. The molecule has 0 atom stereocenters. The molecule has 2 aliphatic carbocycles. The fraction of sp³-hybridized carbons (Fsp3) is 0.0400. The molecule has 0 N–H and O–H groups in total. The van der Waals surface area contributed by atoms with Crippen LogP contribution in [-0.4, -0.2) is 0 Å². The minimum atomic E-state index is 0.0785. The monoisotopic (exact) mass is 664 g/mol. The predicted molar refractivity (Wildman–Crippen MR) is 216 cm³/mol. The average molecular weight is 665 g/mol. The molecule has 10 rings (SSSR count). The van der Waals surface area contributed by atoms with Crippen molar-refractivity contribution in [2.45, 2.75) is 12.1 Å². The van der Waals surface area contributed by atoms with Crippen LogP contribution >= 0.6 is 0 Å². The number of nitrogens with zero attached hydrogens (tertiary/aromatic N) is 2. The zero-order chi connectivity index (χ0) is 34.4. The number of benzene rings is 8. The van der Waals surface area contributed by atoms with Crippen LogP contribution in [0.25, 0.3) is 33.4 Å². The second kappa shape index (κ2) is 12.6. The summed E-state index contributed by atoms with van der Waals surface area (Å²) in [6, 6.07) is 75.4. The zero-order valence-corrected chi connectivity index (χ0v) is 28.7. The fourth-order valence-corrected chi connectivity index (χ4v) is 8.51. The molecular formula is C50H36N2. The Morgan fingerprint density at radius 2 is 0.481 bits per heavy atom. The van der Waals surface area contributed by atoms with Crippen LogP contribution in [0, 0.1) is 0 Å². The number of fused-ring (bicyclic) bond motifs is 6. The van der Waals surface area contributed by atoms with Gasteiger partial charge in [-0.05, 0) is 104 Å². The van der Waals surface area contributed by atoms with E-state index < -0.39 is 0 Å². The molecule has 0 bridgehead atoms. The van der Waals surface area contributed by atoms with Crippen LogP contribution < -0.4 is 9.80 Å². The van der Waals surface area contributed by atoms with Gasteiger partial charge in [-0.2, -0.15) is 0 Å². The van der Waals surface area contributed by atoms with Crippen LogP contribution in [0.5, 0.6) is 0 Å². The summed E-state index contributed by atoms with van der Waals surface area (Å²) in [6.45, 7) is 0. The molecule has 0 heterocycles. The van der Waals surface area contributed by atoms with E-state index in [0.29, 0.717) is 0 Å². The van der Waals surface area contributed by atoms with Crippen molar-refractivity contribution >= 4 is 22.7 Å². The Morgan fingerprint density at radius 3 is 0.788 bits per heavy atom. The summed E-state index contributed by atoms with van der Waals surface area (Å²) in [7, 11) is 0. The minimum Gasteiger partial charge on any atom is -0.330 e. The lowest BCUT2D eigenvalue weighted by molar-refractivity contribution is 0.842. The van der Waals surface area contributed by atoms with Gasteiger partial charge in [0.15, 0.2) is 0 Å². The largest absolute Gasteiger partial charge is 0.330 e. The number of hydrogen-bond donors (Lipinski definition) is 0. The van der Waals surface area contributed by atoms with E-state index in [-0.39, 0.29) is 12.1 Å². The van der Waals surface area contributed by atoms with Gasteiger partial charge in [-0.25, -0.2) is 0 Å². The van der Waals surface area contributed by atoms with Crippen molar-refractivity contribution < 1.29 is 0 Å². The first kappa shape index (κ1) is 30.2. The lowest BCUT2D eigenvalue weighted by Crippen LogP contribution is -2.23. The fourth-order valence-electron chi connectivity index (χ4n) is 8.51. The van der Waals surface area contributed by atoms with Crippen LogP contribution in [0.15, 0.2) is 206 Å². The molecule has 0 radical (unpaired) electrons. The number of rotatable bonds is 7. The van der Waals surface area contributed by atoms with Gasteiger partial charge in [-0.3, -0.25) is 0 Å². The molecule has 0 fully saturated rings. The smallest absolute Gasteiger partial charge is 0.0856 e. The Labute approximate surface area is 305 Å². The summed E-state index contributed by atoms with van der Waals surface area (Å²) < 4.78 is 0. The van der Waals surface area contributed by atoms with Crippen molar-refractivity contribution in [3.63, 3.8) is 0 Å². The van der Waals surface area contributed by atoms with Crippen molar-refractivity contribution in [2.75, 3.05) is 9.80 Å². The maximum Gasteiger partial charge on any atom is 0.0856 e.